The van der Waals surface area contributed by atoms with Crippen LogP contribution in [0.3, 0.4) is 0 Å². The normalized spacial score (nSPS) is 11.6. The van der Waals surface area contributed by atoms with Crippen molar-refractivity contribution in [2.75, 3.05) is 0 Å². The van der Waals surface area contributed by atoms with Gasteiger partial charge in [0.05, 0.1) is 0 Å². The third-order valence-electron chi connectivity index (χ3n) is 3.88. The van der Waals surface area contributed by atoms with Crippen molar-refractivity contribution in [3.8, 4) is 11.8 Å². The van der Waals surface area contributed by atoms with Gasteiger partial charge in [0.15, 0.2) is 0 Å². The largest absolute Gasteiger partial charge is 0.339 e. The summed E-state index contributed by atoms with van der Waals surface area (Å²) in [6.07, 6.45) is 5.74. The molecule has 0 aliphatic heterocycles. The number of unbranched alkanes of at least 4 members (excludes halogenated alkanes) is 4. The van der Waals surface area contributed by atoms with Crippen LogP contribution in [0.15, 0.2) is 42.5 Å². The number of hydrogen-bond acceptors (Lipinski definition) is 1. The van der Waals surface area contributed by atoms with E-state index in [2.05, 4.69) is 48.3 Å². The van der Waals surface area contributed by atoms with E-state index in [0.717, 1.165) is 23.8 Å². The molecular weight excluding hydrogens is 282 g/mol. The number of rotatable bonds is 6. The molecule has 0 aromatic heterocycles. The minimum absolute atomic E-state index is 0.0526. The van der Waals surface area contributed by atoms with Crippen LogP contribution >= 0.6 is 0 Å². The number of benzene rings is 2. The van der Waals surface area contributed by atoms with E-state index in [4.69, 9.17) is 0 Å². The van der Waals surface area contributed by atoms with E-state index in [0.29, 0.717) is 0 Å². The molecule has 0 fully saturated rings. The summed E-state index contributed by atoms with van der Waals surface area (Å²) in [4.78, 5) is 11.6. The van der Waals surface area contributed by atoms with Crippen LogP contribution in [0.1, 0.15) is 57.6 Å². The minimum atomic E-state index is -0.246. The molecular formula is C21H25NO. The molecule has 2 aromatic rings. The molecule has 23 heavy (non-hydrogen) atoms. The predicted molar refractivity (Wildman–Crippen MR) is 97.0 cm³/mol. The van der Waals surface area contributed by atoms with Crippen LogP contribution in [0.2, 0.25) is 0 Å². The second-order valence-electron chi connectivity index (χ2n) is 5.83. The summed E-state index contributed by atoms with van der Waals surface area (Å²) in [6.45, 7) is 3.75. The summed E-state index contributed by atoms with van der Waals surface area (Å²) in [5.74, 6) is 6.45. The van der Waals surface area contributed by atoms with Gasteiger partial charge >= 0.3 is 0 Å². The van der Waals surface area contributed by atoms with Gasteiger partial charge in [-0.2, -0.15) is 0 Å². The van der Waals surface area contributed by atoms with Crippen molar-refractivity contribution in [1.82, 2.24) is 5.32 Å². The van der Waals surface area contributed by atoms with E-state index in [9.17, 15) is 4.79 Å². The molecule has 2 nitrogen and oxygen atoms in total. The summed E-state index contributed by atoms with van der Waals surface area (Å²) in [7, 11) is 0. The molecule has 2 rings (SSSR count). The van der Waals surface area contributed by atoms with Crippen LogP contribution in [0.25, 0.3) is 10.8 Å². The average molecular weight is 307 g/mol. The molecule has 0 bridgehead atoms. The Labute approximate surface area is 139 Å². The highest BCUT2D eigenvalue weighted by Crippen LogP contribution is 2.24. The van der Waals surface area contributed by atoms with E-state index in [1.807, 2.05) is 18.2 Å². The van der Waals surface area contributed by atoms with Crippen LogP contribution in [0.5, 0.6) is 0 Å². The predicted octanol–water partition coefficient (Wildman–Crippen LogP) is 4.99. The first kappa shape index (κ1) is 17.1. The molecule has 0 unspecified atom stereocenters. The number of hydrogen-bond donors (Lipinski definition) is 1. The first-order valence-corrected chi connectivity index (χ1v) is 8.45. The van der Waals surface area contributed by atoms with E-state index in [1.54, 1.807) is 6.92 Å². The second kappa shape index (κ2) is 9.00. The highest BCUT2D eigenvalue weighted by molar-refractivity contribution is 5.87. The second-order valence-corrected chi connectivity index (χ2v) is 5.83. The molecule has 1 N–H and O–H groups in total. The maximum Gasteiger partial charge on any atom is 0.218 e. The third kappa shape index (κ3) is 5.14. The molecule has 2 heteroatoms. The Bertz CT molecular complexity index is 703. The monoisotopic (exact) mass is 307 g/mol. The average Bonchev–Trinajstić information content (AvgIpc) is 2.56. The van der Waals surface area contributed by atoms with Gasteiger partial charge < -0.3 is 5.32 Å². The van der Waals surface area contributed by atoms with Gasteiger partial charge in [0.1, 0.15) is 6.04 Å². The molecule has 0 saturated carbocycles. The zero-order valence-electron chi connectivity index (χ0n) is 14.1. The summed E-state index contributed by atoms with van der Waals surface area (Å²) < 4.78 is 0. The molecule has 0 heterocycles. The number of carbonyl (C=O) groups is 1. The first-order valence-electron chi connectivity index (χ1n) is 8.45. The van der Waals surface area contributed by atoms with Gasteiger partial charge in [-0.15, -0.1) is 5.92 Å². The van der Waals surface area contributed by atoms with Crippen molar-refractivity contribution in [2.24, 2.45) is 0 Å². The Hall–Kier alpha value is -2.27. The fraction of sp³-hybridized carbons (Fsp3) is 0.381. The van der Waals surface area contributed by atoms with E-state index >= 15 is 0 Å². The van der Waals surface area contributed by atoms with Crippen LogP contribution in [-0.4, -0.2) is 5.91 Å². The summed E-state index contributed by atoms with van der Waals surface area (Å²) in [5.41, 5.74) is 1.07. The zero-order valence-corrected chi connectivity index (χ0v) is 14.1. The van der Waals surface area contributed by atoms with Gasteiger partial charge in [-0.3, -0.25) is 4.79 Å². The lowest BCUT2D eigenvalue weighted by atomic mass is 9.98. The number of amides is 1. The molecule has 0 radical (unpaired) electrons. The number of fused-ring (bicyclic) bond motifs is 1. The van der Waals surface area contributed by atoms with E-state index in [-0.39, 0.29) is 11.9 Å². The van der Waals surface area contributed by atoms with Gasteiger partial charge in [0.25, 0.3) is 0 Å². The fourth-order valence-corrected chi connectivity index (χ4v) is 2.71. The lowest BCUT2D eigenvalue weighted by Crippen LogP contribution is -2.25. The third-order valence-corrected chi connectivity index (χ3v) is 3.88. The van der Waals surface area contributed by atoms with Crippen molar-refractivity contribution in [3.63, 3.8) is 0 Å². The summed E-state index contributed by atoms with van der Waals surface area (Å²) >= 11 is 0. The standard InChI is InChI=1S/C21H25NO/c1-3-4-5-6-7-8-16-21(22-17(2)23)20-15-11-13-18-12-9-10-14-19(18)20/h9-15,21H,3-7H2,1-2H3,(H,22,23)/t21-/m1/s1. The van der Waals surface area contributed by atoms with Crippen LogP contribution < -0.4 is 5.32 Å². The van der Waals surface area contributed by atoms with Gasteiger partial charge in [0, 0.05) is 13.3 Å². The van der Waals surface area contributed by atoms with Crippen molar-refractivity contribution in [2.45, 2.75) is 52.0 Å². The summed E-state index contributed by atoms with van der Waals surface area (Å²) in [6, 6.07) is 14.1. The van der Waals surface area contributed by atoms with Gasteiger partial charge in [-0.25, -0.2) is 0 Å². The quantitative estimate of drug-likeness (QED) is 0.591. The smallest absolute Gasteiger partial charge is 0.218 e. The molecule has 0 aliphatic rings. The van der Waals surface area contributed by atoms with E-state index in [1.165, 1.54) is 24.6 Å². The molecule has 1 amide bonds. The molecule has 2 aromatic carbocycles. The van der Waals surface area contributed by atoms with Crippen molar-refractivity contribution < 1.29 is 4.79 Å². The molecule has 0 aliphatic carbocycles. The Kier molecular flexibility index (Phi) is 6.69. The minimum Gasteiger partial charge on any atom is -0.339 e. The molecule has 120 valence electrons. The maximum absolute atomic E-state index is 11.6. The van der Waals surface area contributed by atoms with E-state index < -0.39 is 0 Å². The summed E-state index contributed by atoms with van der Waals surface area (Å²) in [5, 5.41) is 5.30. The Morgan fingerprint density at radius 1 is 1.09 bits per heavy atom. The van der Waals surface area contributed by atoms with Crippen molar-refractivity contribution >= 4 is 16.7 Å². The highest BCUT2D eigenvalue weighted by Gasteiger charge is 2.12. The molecule has 1 atom stereocenters. The van der Waals surface area contributed by atoms with Gasteiger partial charge in [0.2, 0.25) is 5.91 Å². The first-order chi connectivity index (χ1) is 11.2. The Morgan fingerprint density at radius 3 is 2.65 bits per heavy atom. The van der Waals surface area contributed by atoms with Crippen molar-refractivity contribution in [1.29, 1.82) is 0 Å². The SMILES string of the molecule is CCCCCCC#C[C@@H](NC(C)=O)c1cccc2ccccc12. The lowest BCUT2D eigenvalue weighted by Gasteiger charge is -2.15. The Morgan fingerprint density at radius 2 is 1.87 bits per heavy atom. The Balaban J connectivity index is 2.20. The van der Waals surface area contributed by atoms with Gasteiger partial charge in [-0.05, 0) is 22.8 Å². The number of nitrogens with one attached hydrogen (secondary N) is 1. The maximum atomic E-state index is 11.6. The zero-order chi connectivity index (χ0) is 16.5. The topological polar surface area (TPSA) is 29.1 Å². The number of carbonyl (C=O) groups excluding carboxylic acids is 1. The van der Waals surface area contributed by atoms with Gasteiger partial charge in [-0.1, -0.05) is 74.6 Å². The van der Waals surface area contributed by atoms with Crippen LogP contribution in [-0.2, 0) is 4.79 Å². The fourth-order valence-electron chi connectivity index (χ4n) is 2.71. The lowest BCUT2D eigenvalue weighted by molar-refractivity contribution is -0.119. The molecule has 0 spiro atoms. The molecule has 0 saturated heterocycles. The van der Waals surface area contributed by atoms with Crippen LogP contribution in [0, 0.1) is 11.8 Å². The van der Waals surface area contributed by atoms with Crippen LogP contribution in [0.4, 0.5) is 0 Å². The highest BCUT2D eigenvalue weighted by atomic mass is 16.1. The van der Waals surface area contributed by atoms with Crippen molar-refractivity contribution in [3.05, 3.63) is 48.0 Å².